The SMILES string of the molecule is COc1ccc(CNC(=O)c2snc(C(=O)NCc3ccccc3Cl)c2N)cc1OC. The zero-order chi connectivity index (χ0) is 22.4. The molecule has 3 aromatic rings. The predicted octanol–water partition coefficient (Wildman–Crippen LogP) is 3.26. The Morgan fingerprint density at radius 2 is 1.74 bits per heavy atom. The fourth-order valence-corrected chi connectivity index (χ4v) is 3.70. The molecule has 2 amide bonds. The number of hydrogen-bond acceptors (Lipinski definition) is 7. The van der Waals surface area contributed by atoms with Crippen LogP contribution in [0.2, 0.25) is 5.02 Å². The number of halogens is 1. The summed E-state index contributed by atoms with van der Waals surface area (Å²) < 4.78 is 14.5. The molecule has 10 heteroatoms. The van der Waals surface area contributed by atoms with Crippen molar-refractivity contribution in [3.8, 4) is 11.5 Å². The van der Waals surface area contributed by atoms with Crippen LogP contribution in [0.25, 0.3) is 0 Å². The number of anilines is 1. The summed E-state index contributed by atoms with van der Waals surface area (Å²) in [4.78, 5) is 25.2. The molecule has 31 heavy (non-hydrogen) atoms. The molecule has 0 atom stereocenters. The quantitative estimate of drug-likeness (QED) is 0.475. The zero-order valence-corrected chi connectivity index (χ0v) is 18.5. The van der Waals surface area contributed by atoms with Gasteiger partial charge in [0.05, 0.1) is 19.9 Å². The highest BCUT2D eigenvalue weighted by Gasteiger charge is 2.22. The molecule has 0 aliphatic heterocycles. The van der Waals surface area contributed by atoms with Crippen molar-refractivity contribution in [1.82, 2.24) is 15.0 Å². The van der Waals surface area contributed by atoms with Crippen LogP contribution >= 0.6 is 23.1 Å². The second-order valence-corrected chi connectivity index (χ2v) is 7.60. The number of nitrogen functional groups attached to an aromatic ring is 1. The van der Waals surface area contributed by atoms with E-state index in [9.17, 15) is 9.59 Å². The number of nitrogens with one attached hydrogen (secondary N) is 2. The summed E-state index contributed by atoms with van der Waals surface area (Å²) in [6, 6.07) is 12.5. The van der Waals surface area contributed by atoms with Gasteiger partial charge in [-0.3, -0.25) is 9.59 Å². The number of hydrogen-bond donors (Lipinski definition) is 3. The number of amides is 2. The summed E-state index contributed by atoms with van der Waals surface area (Å²) in [7, 11) is 3.09. The number of methoxy groups -OCH3 is 2. The van der Waals surface area contributed by atoms with Gasteiger partial charge in [0.25, 0.3) is 11.8 Å². The van der Waals surface area contributed by atoms with Crippen molar-refractivity contribution in [2.45, 2.75) is 13.1 Å². The highest BCUT2D eigenvalue weighted by molar-refractivity contribution is 7.09. The number of rotatable bonds is 8. The fourth-order valence-electron chi connectivity index (χ4n) is 2.78. The van der Waals surface area contributed by atoms with E-state index in [1.807, 2.05) is 12.1 Å². The zero-order valence-electron chi connectivity index (χ0n) is 16.9. The third kappa shape index (κ3) is 5.25. The van der Waals surface area contributed by atoms with Crippen LogP contribution in [0, 0.1) is 0 Å². The molecule has 162 valence electrons. The second-order valence-electron chi connectivity index (χ2n) is 6.42. The van der Waals surface area contributed by atoms with Crippen LogP contribution in [0.3, 0.4) is 0 Å². The molecule has 0 spiro atoms. The van der Waals surface area contributed by atoms with Gasteiger partial charge in [0, 0.05) is 18.1 Å². The van der Waals surface area contributed by atoms with E-state index in [1.165, 1.54) is 7.11 Å². The number of carbonyl (C=O) groups excluding carboxylic acids is 2. The molecule has 1 aromatic heterocycles. The lowest BCUT2D eigenvalue weighted by molar-refractivity contribution is 0.0946. The van der Waals surface area contributed by atoms with Crippen LogP contribution in [0.5, 0.6) is 11.5 Å². The van der Waals surface area contributed by atoms with Crippen molar-refractivity contribution in [1.29, 1.82) is 0 Å². The Kier molecular flexibility index (Phi) is 7.32. The summed E-state index contributed by atoms with van der Waals surface area (Å²) in [5.41, 5.74) is 7.64. The lowest BCUT2D eigenvalue weighted by Gasteiger charge is -2.10. The topological polar surface area (TPSA) is 116 Å². The van der Waals surface area contributed by atoms with E-state index in [1.54, 1.807) is 37.4 Å². The average Bonchev–Trinajstić information content (AvgIpc) is 3.17. The normalized spacial score (nSPS) is 10.4. The highest BCUT2D eigenvalue weighted by atomic mass is 35.5. The molecule has 0 saturated heterocycles. The lowest BCUT2D eigenvalue weighted by Crippen LogP contribution is -2.25. The molecule has 0 aliphatic carbocycles. The van der Waals surface area contributed by atoms with E-state index < -0.39 is 11.8 Å². The van der Waals surface area contributed by atoms with Gasteiger partial charge in [-0.05, 0) is 40.9 Å². The number of ether oxygens (including phenoxy) is 2. The van der Waals surface area contributed by atoms with Gasteiger partial charge in [-0.1, -0.05) is 35.9 Å². The van der Waals surface area contributed by atoms with Crippen LogP contribution in [0.1, 0.15) is 31.3 Å². The number of benzene rings is 2. The van der Waals surface area contributed by atoms with E-state index in [4.69, 9.17) is 26.8 Å². The molecule has 3 rings (SSSR count). The van der Waals surface area contributed by atoms with Gasteiger partial charge >= 0.3 is 0 Å². The Hall–Kier alpha value is -3.30. The van der Waals surface area contributed by atoms with Crippen molar-refractivity contribution in [3.05, 3.63) is 69.2 Å². The molecule has 0 fully saturated rings. The summed E-state index contributed by atoms with van der Waals surface area (Å²) in [6.45, 7) is 0.459. The Balaban J connectivity index is 1.63. The third-order valence-electron chi connectivity index (χ3n) is 4.45. The van der Waals surface area contributed by atoms with Crippen LogP contribution < -0.4 is 25.8 Å². The standard InChI is InChI=1S/C21H21ClN4O4S/c1-29-15-8-7-12(9-16(15)30-2)10-24-21(28)19-17(23)18(26-31-19)20(27)25-11-13-5-3-4-6-14(13)22/h3-9H,10-11,23H2,1-2H3,(H,24,28)(H,25,27). The van der Waals surface area contributed by atoms with E-state index in [-0.39, 0.29) is 29.3 Å². The molecule has 4 N–H and O–H groups in total. The maximum Gasteiger partial charge on any atom is 0.273 e. The molecule has 0 radical (unpaired) electrons. The summed E-state index contributed by atoms with van der Waals surface area (Å²) in [6.07, 6.45) is 0. The van der Waals surface area contributed by atoms with Crippen LogP contribution in [-0.4, -0.2) is 30.4 Å². The third-order valence-corrected chi connectivity index (χ3v) is 5.68. The van der Waals surface area contributed by atoms with Gasteiger partial charge in [-0.2, -0.15) is 4.37 Å². The van der Waals surface area contributed by atoms with E-state index in [0.717, 1.165) is 22.7 Å². The molecule has 0 bridgehead atoms. The number of aromatic nitrogens is 1. The Bertz CT molecular complexity index is 1100. The van der Waals surface area contributed by atoms with Crippen LogP contribution in [0.15, 0.2) is 42.5 Å². The molecular formula is C21H21ClN4O4S. The fraction of sp³-hybridized carbons (Fsp3) is 0.190. The molecule has 8 nitrogen and oxygen atoms in total. The molecule has 0 aliphatic rings. The van der Waals surface area contributed by atoms with E-state index in [0.29, 0.717) is 16.5 Å². The maximum atomic E-state index is 12.6. The van der Waals surface area contributed by atoms with Gasteiger partial charge in [0.1, 0.15) is 4.88 Å². The number of nitrogens with two attached hydrogens (primary N) is 1. The van der Waals surface area contributed by atoms with Gasteiger partial charge in [-0.15, -0.1) is 0 Å². The molecular weight excluding hydrogens is 440 g/mol. The average molecular weight is 461 g/mol. The first kappa shape index (κ1) is 22.4. The second kappa shape index (κ2) is 10.1. The van der Waals surface area contributed by atoms with Gasteiger partial charge in [-0.25, -0.2) is 0 Å². The first-order chi connectivity index (χ1) is 14.9. The van der Waals surface area contributed by atoms with Crippen LogP contribution in [-0.2, 0) is 13.1 Å². The van der Waals surface area contributed by atoms with Crippen LogP contribution in [0.4, 0.5) is 5.69 Å². The van der Waals surface area contributed by atoms with Gasteiger partial charge in [0.2, 0.25) is 0 Å². The van der Waals surface area contributed by atoms with Gasteiger partial charge < -0.3 is 25.8 Å². The van der Waals surface area contributed by atoms with Crippen molar-refractivity contribution < 1.29 is 19.1 Å². The predicted molar refractivity (Wildman–Crippen MR) is 120 cm³/mol. The van der Waals surface area contributed by atoms with Gasteiger partial charge in [0.15, 0.2) is 17.2 Å². The van der Waals surface area contributed by atoms with Crippen molar-refractivity contribution in [2.75, 3.05) is 20.0 Å². The Labute approximate surface area is 188 Å². The minimum Gasteiger partial charge on any atom is -0.493 e. The monoisotopic (exact) mass is 460 g/mol. The largest absolute Gasteiger partial charge is 0.493 e. The minimum absolute atomic E-state index is 0.00770. The maximum absolute atomic E-state index is 12.6. The molecule has 0 saturated carbocycles. The Morgan fingerprint density at radius 1 is 1.03 bits per heavy atom. The lowest BCUT2D eigenvalue weighted by atomic mass is 10.2. The van der Waals surface area contributed by atoms with Crippen molar-refractivity contribution in [2.24, 2.45) is 0 Å². The van der Waals surface area contributed by atoms with E-state index >= 15 is 0 Å². The summed E-state index contributed by atoms with van der Waals surface area (Å²) in [5.74, 6) is 0.253. The molecule has 1 heterocycles. The molecule has 2 aromatic carbocycles. The smallest absolute Gasteiger partial charge is 0.273 e. The number of nitrogens with zero attached hydrogens (tertiary/aromatic N) is 1. The van der Waals surface area contributed by atoms with E-state index in [2.05, 4.69) is 15.0 Å². The minimum atomic E-state index is -0.479. The Morgan fingerprint density at radius 3 is 2.45 bits per heavy atom. The first-order valence-corrected chi connectivity index (χ1v) is 10.4. The molecule has 0 unspecified atom stereocenters. The summed E-state index contributed by atoms with van der Waals surface area (Å²) in [5, 5.41) is 6.03. The van der Waals surface area contributed by atoms with Crippen molar-refractivity contribution >= 4 is 40.6 Å². The van der Waals surface area contributed by atoms with Crippen molar-refractivity contribution in [3.63, 3.8) is 0 Å². The highest BCUT2D eigenvalue weighted by Crippen LogP contribution is 2.28. The number of carbonyl (C=O) groups is 2. The first-order valence-electron chi connectivity index (χ1n) is 9.20. The summed E-state index contributed by atoms with van der Waals surface area (Å²) >= 11 is 6.96.